The van der Waals surface area contributed by atoms with Gasteiger partial charge in [0.2, 0.25) is 5.13 Å². The van der Waals surface area contributed by atoms with Gasteiger partial charge in [-0.25, -0.2) is 4.98 Å². The molecule has 0 aliphatic rings. The minimum Gasteiger partial charge on any atom is -0.497 e. The lowest BCUT2D eigenvalue weighted by atomic mass is 10.2. The van der Waals surface area contributed by atoms with Gasteiger partial charge < -0.3 is 10.1 Å². The maximum absolute atomic E-state index is 12.8. The van der Waals surface area contributed by atoms with Gasteiger partial charge in [-0.2, -0.15) is 9.78 Å². The molecule has 0 radical (unpaired) electrons. The molecule has 4 aromatic rings. The molecule has 2 aromatic carbocycles. The zero-order valence-corrected chi connectivity index (χ0v) is 18.8. The van der Waals surface area contributed by atoms with Crippen LogP contribution in [-0.2, 0) is 0 Å². The molecule has 0 fully saturated rings. The van der Waals surface area contributed by atoms with Gasteiger partial charge in [-0.1, -0.05) is 25.2 Å². The fourth-order valence-corrected chi connectivity index (χ4v) is 4.79. The van der Waals surface area contributed by atoms with Gasteiger partial charge >= 0.3 is 0 Å². The van der Waals surface area contributed by atoms with Gasteiger partial charge in [0.25, 0.3) is 5.91 Å². The van der Waals surface area contributed by atoms with Crippen LogP contribution in [0.25, 0.3) is 15.3 Å². The topological polar surface area (TPSA) is 69.0 Å². The molecule has 2 heterocycles. The molecule has 0 saturated carbocycles. The van der Waals surface area contributed by atoms with E-state index in [0.29, 0.717) is 21.8 Å². The molecule has 0 saturated heterocycles. The van der Waals surface area contributed by atoms with E-state index in [4.69, 9.17) is 4.74 Å². The van der Waals surface area contributed by atoms with Gasteiger partial charge in [-0.15, -0.1) is 11.8 Å². The van der Waals surface area contributed by atoms with E-state index < -0.39 is 0 Å². The number of hydrogen-bond acceptors (Lipinski definition) is 6. The van der Waals surface area contributed by atoms with Crippen molar-refractivity contribution in [3.05, 3.63) is 59.8 Å². The molecule has 0 bridgehead atoms. The van der Waals surface area contributed by atoms with Gasteiger partial charge in [0.1, 0.15) is 11.6 Å². The molecule has 30 heavy (non-hydrogen) atoms. The third-order valence-electron chi connectivity index (χ3n) is 4.33. The highest BCUT2D eigenvalue weighted by Gasteiger charge is 2.16. The van der Waals surface area contributed by atoms with Crippen molar-refractivity contribution in [1.29, 1.82) is 0 Å². The monoisotopic (exact) mass is 438 g/mol. The van der Waals surface area contributed by atoms with E-state index in [-0.39, 0.29) is 5.91 Å². The molecule has 8 heteroatoms. The van der Waals surface area contributed by atoms with Crippen LogP contribution in [0.3, 0.4) is 0 Å². The van der Waals surface area contributed by atoms with E-state index in [0.717, 1.165) is 26.6 Å². The summed E-state index contributed by atoms with van der Waals surface area (Å²) in [6.45, 7) is 6.18. The van der Waals surface area contributed by atoms with E-state index in [9.17, 15) is 4.79 Å². The van der Waals surface area contributed by atoms with Crippen LogP contribution in [0, 0.1) is 6.92 Å². The predicted molar refractivity (Wildman–Crippen MR) is 123 cm³/mol. The van der Waals surface area contributed by atoms with E-state index in [2.05, 4.69) is 29.2 Å². The second-order valence-corrected chi connectivity index (χ2v) is 9.72. The number of anilines is 1. The largest absolute Gasteiger partial charge is 0.497 e. The number of aromatic nitrogens is 3. The number of thioether (sulfide) groups is 1. The number of carbonyl (C=O) groups excluding carboxylic acids is 1. The standard InChI is InChI=1S/C22H22N4O2S2/c1-13(2)29-17-8-5-15(6-9-17)21(27)24-20-11-14(3)25-26(20)22-23-18-10-7-16(28-4)12-19(18)30-22/h5-13H,1-4H3,(H,24,27). The second-order valence-electron chi connectivity index (χ2n) is 7.06. The van der Waals surface area contributed by atoms with Crippen LogP contribution in [-0.4, -0.2) is 33.0 Å². The van der Waals surface area contributed by atoms with Crippen molar-refractivity contribution in [2.75, 3.05) is 12.4 Å². The molecular weight excluding hydrogens is 416 g/mol. The Labute approximate surface area is 183 Å². The lowest BCUT2D eigenvalue weighted by Crippen LogP contribution is -2.15. The fourth-order valence-electron chi connectivity index (χ4n) is 2.99. The molecule has 1 N–H and O–H groups in total. The Hall–Kier alpha value is -2.84. The molecular formula is C22H22N4O2S2. The molecule has 2 aromatic heterocycles. The predicted octanol–water partition coefficient (Wildman–Crippen LogP) is 5.55. The third kappa shape index (κ3) is 4.34. The molecule has 0 atom stereocenters. The summed E-state index contributed by atoms with van der Waals surface area (Å²) >= 11 is 3.26. The van der Waals surface area contributed by atoms with Crippen molar-refractivity contribution in [3.63, 3.8) is 0 Å². The zero-order chi connectivity index (χ0) is 21.3. The van der Waals surface area contributed by atoms with Crippen molar-refractivity contribution in [2.45, 2.75) is 30.9 Å². The number of nitrogens with one attached hydrogen (secondary N) is 1. The summed E-state index contributed by atoms with van der Waals surface area (Å²) in [6, 6.07) is 15.2. The highest BCUT2D eigenvalue weighted by atomic mass is 32.2. The summed E-state index contributed by atoms with van der Waals surface area (Å²) in [5.41, 5.74) is 2.26. The minimum absolute atomic E-state index is 0.181. The summed E-state index contributed by atoms with van der Waals surface area (Å²) in [5, 5.41) is 8.68. The molecule has 0 unspecified atom stereocenters. The van der Waals surface area contributed by atoms with Crippen molar-refractivity contribution >= 4 is 45.0 Å². The van der Waals surface area contributed by atoms with Crippen molar-refractivity contribution in [1.82, 2.24) is 14.8 Å². The van der Waals surface area contributed by atoms with Crippen molar-refractivity contribution in [2.24, 2.45) is 0 Å². The smallest absolute Gasteiger partial charge is 0.256 e. The van der Waals surface area contributed by atoms with Gasteiger partial charge in [0.05, 0.1) is 23.0 Å². The van der Waals surface area contributed by atoms with Crippen LogP contribution in [0.5, 0.6) is 5.75 Å². The Kier molecular flexibility index (Phi) is 5.78. The molecule has 1 amide bonds. The summed E-state index contributed by atoms with van der Waals surface area (Å²) in [7, 11) is 1.64. The zero-order valence-electron chi connectivity index (χ0n) is 17.2. The average molecular weight is 439 g/mol. The van der Waals surface area contributed by atoms with Crippen LogP contribution < -0.4 is 10.1 Å². The van der Waals surface area contributed by atoms with Crippen LogP contribution in [0.1, 0.15) is 29.9 Å². The summed E-state index contributed by atoms with van der Waals surface area (Å²) in [5.74, 6) is 1.19. The molecule has 154 valence electrons. The number of methoxy groups -OCH3 is 1. The van der Waals surface area contributed by atoms with Gasteiger partial charge in [0.15, 0.2) is 0 Å². The van der Waals surface area contributed by atoms with Crippen LogP contribution in [0.4, 0.5) is 5.82 Å². The Bertz CT molecular complexity index is 1200. The summed E-state index contributed by atoms with van der Waals surface area (Å²) < 4.78 is 7.96. The second kappa shape index (κ2) is 8.49. The molecule has 0 aliphatic carbocycles. The lowest BCUT2D eigenvalue weighted by Gasteiger charge is -2.08. The van der Waals surface area contributed by atoms with Gasteiger partial charge in [-0.3, -0.25) is 4.79 Å². The van der Waals surface area contributed by atoms with Gasteiger partial charge in [-0.05, 0) is 49.4 Å². The normalized spacial score (nSPS) is 11.2. The van der Waals surface area contributed by atoms with E-state index in [1.54, 1.807) is 23.6 Å². The van der Waals surface area contributed by atoms with Crippen molar-refractivity contribution in [3.8, 4) is 10.9 Å². The van der Waals surface area contributed by atoms with E-state index >= 15 is 0 Å². The number of fused-ring (bicyclic) bond motifs is 1. The molecule has 4 rings (SSSR count). The molecule has 0 aliphatic heterocycles. The number of hydrogen-bond donors (Lipinski definition) is 1. The van der Waals surface area contributed by atoms with Gasteiger partial charge in [0, 0.05) is 21.8 Å². The quantitative estimate of drug-likeness (QED) is 0.400. The number of ether oxygens (including phenoxy) is 1. The highest BCUT2D eigenvalue weighted by Crippen LogP contribution is 2.30. The first-order valence-corrected chi connectivity index (χ1v) is 11.2. The van der Waals surface area contributed by atoms with Crippen LogP contribution >= 0.6 is 23.1 Å². The molecule has 0 spiro atoms. The third-order valence-corrected chi connectivity index (χ3v) is 6.34. The lowest BCUT2D eigenvalue weighted by molar-refractivity contribution is 0.102. The number of carbonyl (C=O) groups is 1. The van der Waals surface area contributed by atoms with Crippen LogP contribution in [0.2, 0.25) is 0 Å². The summed E-state index contributed by atoms with van der Waals surface area (Å²) in [4.78, 5) is 18.6. The number of aryl methyl sites for hydroxylation is 1. The Morgan fingerprint density at radius 1 is 1.17 bits per heavy atom. The van der Waals surface area contributed by atoms with E-state index in [1.807, 2.05) is 55.5 Å². The SMILES string of the molecule is COc1ccc2nc(-n3nc(C)cc3NC(=O)c3ccc(SC(C)C)cc3)sc2c1. The summed E-state index contributed by atoms with van der Waals surface area (Å²) in [6.07, 6.45) is 0. The van der Waals surface area contributed by atoms with Crippen LogP contribution in [0.15, 0.2) is 53.4 Å². The molecule has 6 nitrogen and oxygen atoms in total. The first-order valence-electron chi connectivity index (χ1n) is 9.52. The van der Waals surface area contributed by atoms with E-state index in [1.165, 1.54) is 11.3 Å². The number of thiazole rings is 1. The first-order chi connectivity index (χ1) is 14.4. The minimum atomic E-state index is -0.181. The fraction of sp³-hybridized carbons (Fsp3) is 0.227. The average Bonchev–Trinajstić information content (AvgIpc) is 3.30. The Morgan fingerprint density at radius 2 is 1.93 bits per heavy atom. The maximum Gasteiger partial charge on any atom is 0.256 e. The highest BCUT2D eigenvalue weighted by molar-refractivity contribution is 7.99. The number of nitrogens with zero attached hydrogens (tertiary/aromatic N) is 3. The first kappa shape index (κ1) is 20.4. The number of benzene rings is 2. The number of amides is 1. The maximum atomic E-state index is 12.8. The Balaban J connectivity index is 1.60. The number of rotatable bonds is 6. The Morgan fingerprint density at radius 3 is 2.63 bits per heavy atom. The van der Waals surface area contributed by atoms with Crippen molar-refractivity contribution < 1.29 is 9.53 Å².